The zero-order valence-electron chi connectivity index (χ0n) is 19.7. The van der Waals surface area contributed by atoms with Crippen molar-refractivity contribution in [2.45, 2.75) is 38.8 Å². The second kappa shape index (κ2) is 9.97. The van der Waals surface area contributed by atoms with E-state index in [-0.39, 0.29) is 18.0 Å². The third kappa shape index (κ3) is 5.58. The first-order valence-electron chi connectivity index (χ1n) is 11.1. The molecule has 0 N–H and O–H groups in total. The topological polar surface area (TPSA) is 86.4 Å². The highest BCUT2D eigenvalue weighted by Gasteiger charge is 2.27. The molecular weight excluding hydrogens is 472 g/mol. The van der Waals surface area contributed by atoms with Gasteiger partial charge < -0.3 is 18.8 Å². The van der Waals surface area contributed by atoms with Gasteiger partial charge in [0.15, 0.2) is 0 Å². The van der Waals surface area contributed by atoms with Gasteiger partial charge in [-0.1, -0.05) is 37.8 Å². The number of imidazole rings is 1. The fourth-order valence-corrected chi connectivity index (χ4v) is 4.38. The Bertz CT molecular complexity index is 1340. The maximum Gasteiger partial charge on any atom is 0.344 e. The number of aromatic nitrogens is 2. The molecule has 0 saturated carbocycles. The number of carbonyl (C=O) groups excluding carboxylic acids is 1. The van der Waals surface area contributed by atoms with Gasteiger partial charge in [0.2, 0.25) is 0 Å². The van der Waals surface area contributed by atoms with Crippen LogP contribution < -0.4 is 4.74 Å². The summed E-state index contributed by atoms with van der Waals surface area (Å²) in [5.41, 5.74) is 2.21. The van der Waals surface area contributed by atoms with E-state index in [2.05, 4.69) is 24.6 Å². The Morgan fingerprint density at radius 2 is 1.97 bits per heavy atom. The van der Waals surface area contributed by atoms with E-state index >= 15 is 0 Å². The van der Waals surface area contributed by atoms with Crippen molar-refractivity contribution in [3.05, 3.63) is 58.9 Å². The number of hydrogen-bond donors (Lipinski definition) is 0. The monoisotopic (exact) mass is 497 g/mol. The highest BCUT2D eigenvalue weighted by atomic mass is 28.3. The molecule has 0 unspecified atom stereocenters. The van der Waals surface area contributed by atoms with Gasteiger partial charge in [-0.15, -0.1) is 0 Å². The van der Waals surface area contributed by atoms with Crippen molar-refractivity contribution < 1.29 is 27.8 Å². The van der Waals surface area contributed by atoms with Crippen molar-refractivity contribution in [3.8, 4) is 11.8 Å². The Morgan fingerprint density at radius 3 is 2.66 bits per heavy atom. The van der Waals surface area contributed by atoms with Gasteiger partial charge in [0, 0.05) is 32.4 Å². The number of hydrogen-bond acceptors (Lipinski definition) is 6. The SMILES string of the molecule is C[Si](C)(C)CCOCn1c(/C=C2\OC(=O)c3ccccc32)nc2cc(C#N)c(OCC(F)F)cc21. The van der Waals surface area contributed by atoms with Gasteiger partial charge in [-0.25, -0.2) is 18.6 Å². The molecule has 1 aromatic heterocycles. The molecule has 182 valence electrons. The van der Waals surface area contributed by atoms with Crippen LogP contribution in [0.15, 0.2) is 36.4 Å². The first-order chi connectivity index (χ1) is 16.7. The normalized spacial score (nSPS) is 14.4. The first kappa shape index (κ1) is 24.6. The lowest BCUT2D eigenvalue weighted by molar-refractivity contribution is 0.0716. The Kier molecular flexibility index (Phi) is 7.00. The standard InChI is InChI=1S/C25H25F2N3O4Si/c1-35(2,3)9-8-32-15-30-20-11-21(33-14-23(26)27)16(13-28)10-19(20)29-24(30)12-22-17-6-4-5-7-18(17)25(31)34-22/h4-7,10-12,23H,8-9,14-15H2,1-3H3/b22-12-. The number of halogens is 2. The Hall–Kier alpha value is -3.55. The molecule has 0 bridgehead atoms. The van der Waals surface area contributed by atoms with Crippen molar-refractivity contribution in [2.75, 3.05) is 13.2 Å². The number of alkyl halides is 2. The second-order valence-electron chi connectivity index (χ2n) is 9.34. The maximum atomic E-state index is 12.7. The van der Waals surface area contributed by atoms with E-state index in [4.69, 9.17) is 14.2 Å². The Labute approximate surface area is 202 Å². The predicted octanol–water partition coefficient (Wildman–Crippen LogP) is 5.53. The smallest absolute Gasteiger partial charge is 0.344 e. The number of fused-ring (bicyclic) bond motifs is 2. The van der Waals surface area contributed by atoms with Crippen molar-refractivity contribution in [1.82, 2.24) is 9.55 Å². The molecule has 10 heteroatoms. The molecule has 7 nitrogen and oxygen atoms in total. The predicted molar refractivity (Wildman–Crippen MR) is 130 cm³/mol. The molecule has 4 rings (SSSR count). The summed E-state index contributed by atoms with van der Waals surface area (Å²) in [6, 6.07) is 13.0. The van der Waals surface area contributed by atoms with Gasteiger partial charge in [0.1, 0.15) is 36.7 Å². The first-order valence-corrected chi connectivity index (χ1v) is 14.8. The second-order valence-corrected chi connectivity index (χ2v) is 15.0. The van der Waals surface area contributed by atoms with Crippen molar-refractivity contribution in [3.63, 3.8) is 0 Å². The minimum absolute atomic E-state index is 0.0420. The van der Waals surface area contributed by atoms with Crippen molar-refractivity contribution >= 4 is 36.9 Å². The minimum Gasteiger partial charge on any atom is -0.486 e. The number of benzene rings is 2. The molecule has 3 aromatic rings. The molecule has 1 aliphatic rings. The molecule has 2 aromatic carbocycles. The molecule has 0 amide bonds. The van der Waals surface area contributed by atoms with Crippen LogP contribution in [0.4, 0.5) is 8.78 Å². The van der Waals surface area contributed by atoms with Gasteiger partial charge >= 0.3 is 5.97 Å². The van der Waals surface area contributed by atoms with E-state index in [1.165, 1.54) is 12.1 Å². The molecule has 2 heterocycles. The van der Waals surface area contributed by atoms with Crippen LogP contribution in [0.2, 0.25) is 25.7 Å². The third-order valence-corrected chi connectivity index (χ3v) is 7.16. The molecule has 0 atom stereocenters. The van der Waals surface area contributed by atoms with E-state index < -0.39 is 27.1 Å². The van der Waals surface area contributed by atoms with Crippen LogP contribution in [0, 0.1) is 11.3 Å². The highest BCUT2D eigenvalue weighted by Crippen LogP contribution is 2.33. The number of cyclic esters (lactones) is 1. The Morgan fingerprint density at radius 1 is 1.23 bits per heavy atom. The minimum atomic E-state index is -2.68. The summed E-state index contributed by atoms with van der Waals surface area (Å²) in [7, 11) is -1.31. The average Bonchev–Trinajstić information content (AvgIpc) is 3.30. The molecule has 0 fully saturated rings. The molecule has 0 spiro atoms. The summed E-state index contributed by atoms with van der Waals surface area (Å²) in [5, 5.41) is 9.49. The summed E-state index contributed by atoms with van der Waals surface area (Å²) in [6.45, 7) is 6.61. The van der Waals surface area contributed by atoms with Crippen molar-refractivity contribution in [2.24, 2.45) is 0 Å². The summed E-state index contributed by atoms with van der Waals surface area (Å²) >= 11 is 0. The van der Waals surface area contributed by atoms with Crippen molar-refractivity contribution in [1.29, 1.82) is 5.26 Å². The lowest BCUT2D eigenvalue weighted by atomic mass is 10.1. The Balaban J connectivity index is 1.76. The molecule has 0 radical (unpaired) electrons. The molecule has 0 saturated heterocycles. The number of carbonyl (C=O) groups is 1. The largest absolute Gasteiger partial charge is 0.486 e. The van der Waals surface area contributed by atoms with Crippen LogP contribution in [-0.4, -0.2) is 43.2 Å². The summed E-state index contributed by atoms with van der Waals surface area (Å²) in [4.78, 5) is 16.9. The summed E-state index contributed by atoms with van der Waals surface area (Å²) in [6.07, 6.45) is -1.04. The molecule has 35 heavy (non-hydrogen) atoms. The molecular formula is C25H25F2N3O4Si. The fourth-order valence-electron chi connectivity index (χ4n) is 3.62. The molecule has 1 aliphatic heterocycles. The van der Waals surface area contributed by atoms with Gasteiger partial charge in [0.05, 0.1) is 22.2 Å². The van der Waals surface area contributed by atoms with Crippen LogP contribution in [0.5, 0.6) is 5.75 Å². The average molecular weight is 498 g/mol. The van der Waals surface area contributed by atoms with Crippen LogP contribution in [0.1, 0.15) is 27.3 Å². The zero-order valence-corrected chi connectivity index (χ0v) is 20.7. The van der Waals surface area contributed by atoms with Crippen LogP contribution in [0.3, 0.4) is 0 Å². The van der Waals surface area contributed by atoms with E-state index in [0.29, 0.717) is 40.4 Å². The quantitative estimate of drug-likeness (QED) is 0.219. The number of nitrogens with zero attached hydrogens (tertiary/aromatic N) is 3. The summed E-state index contributed by atoms with van der Waals surface area (Å²) in [5.74, 6) is 0.372. The fraction of sp³-hybridized carbons (Fsp3) is 0.320. The van der Waals surface area contributed by atoms with Crippen LogP contribution in [0.25, 0.3) is 22.9 Å². The number of ether oxygens (including phenoxy) is 3. The van der Waals surface area contributed by atoms with Gasteiger partial charge in [-0.05, 0) is 18.2 Å². The zero-order chi connectivity index (χ0) is 25.2. The third-order valence-electron chi connectivity index (χ3n) is 5.46. The summed E-state index contributed by atoms with van der Waals surface area (Å²) < 4.78 is 43.8. The van der Waals surface area contributed by atoms with Gasteiger partial charge in [-0.2, -0.15) is 5.26 Å². The van der Waals surface area contributed by atoms with Gasteiger partial charge in [-0.3, -0.25) is 0 Å². The maximum absolute atomic E-state index is 12.7. The lowest BCUT2D eigenvalue weighted by Gasteiger charge is -2.16. The number of rotatable bonds is 9. The van der Waals surface area contributed by atoms with E-state index in [9.17, 15) is 18.8 Å². The highest BCUT2D eigenvalue weighted by molar-refractivity contribution is 6.76. The lowest BCUT2D eigenvalue weighted by Crippen LogP contribution is -2.22. The van der Waals surface area contributed by atoms with Gasteiger partial charge in [0.25, 0.3) is 6.43 Å². The van der Waals surface area contributed by atoms with Crippen LogP contribution >= 0.6 is 0 Å². The van der Waals surface area contributed by atoms with Crippen LogP contribution in [-0.2, 0) is 16.2 Å². The number of esters is 1. The molecule has 0 aliphatic carbocycles. The van der Waals surface area contributed by atoms with E-state index in [0.717, 1.165) is 6.04 Å². The van der Waals surface area contributed by atoms with E-state index in [1.54, 1.807) is 28.8 Å². The van der Waals surface area contributed by atoms with E-state index in [1.807, 2.05) is 12.1 Å². The number of nitriles is 1.